The number of amides is 2. The molecule has 0 spiro atoms. The molecule has 1 aliphatic heterocycles. The Labute approximate surface area is 97.3 Å². The topological polar surface area (TPSA) is 61.2 Å². The molecule has 2 rings (SSSR count). The summed E-state index contributed by atoms with van der Waals surface area (Å²) < 4.78 is 13.4. The van der Waals surface area contributed by atoms with Crippen LogP contribution < -0.4 is 4.90 Å². The van der Waals surface area contributed by atoms with Crippen LogP contribution in [0, 0.1) is 23.1 Å². The van der Waals surface area contributed by atoms with Crippen LogP contribution in [0.25, 0.3) is 0 Å². The van der Waals surface area contributed by atoms with E-state index in [2.05, 4.69) is 0 Å². The molecule has 1 heterocycles. The van der Waals surface area contributed by atoms with Gasteiger partial charge < -0.3 is 0 Å². The van der Waals surface area contributed by atoms with E-state index in [1.807, 2.05) is 0 Å². The van der Waals surface area contributed by atoms with Gasteiger partial charge in [0.15, 0.2) is 0 Å². The molecule has 86 valence electrons. The minimum atomic E-state index is -0.731. The molecule has 0 saturated carbocycles. The highest BCUT2D eigenvalue weighted by atomic mass is 19.1. The van der Waals surface area contributed by atoms with Gasteiger partial charge in [0.2, 0.25) is 11.8 Å². The van der Waals surface area contributed by atoms with E-state index in [-0.39, 0.29) is 17.7 Å². The third-order valence-electron chi connectivity index (χ3n) is 2.72. The van der Waals surface area contributed by atoms with Crippen molar-refractivity contribution >= 4 is 17.5 Å². The number of nitrogens with zero attached hydrogens (tertiary/aromatic N) is 2. The lowest BCUT2D eigenvalue weighted by Gasteiger charge is -2.15. The Balaban J connectivity index is 2.56. The van der Waals surface area contributed by atoms with Crippen LogP contribution in [0.15, 0.2) is 18.2 Å². The zero-order valence-electron chi connectivity index (χ0n) is 9.11. The molecule has 1 aromatic carbocycles. The fraction of sp³-hybridized carbons (Fsp3) is 0.250. The fourth-order valence-electron chi connectivity index (χ4n) is 1.85. The van der Waals surface area contributed by atoms with E-state index < -0.39 is 23.5 Å². The lowest BCUT2D eigenvalue weighted by Crippen LogP contribution is -2.30. The van der Waals surface area contributed by atoms with Crippen molar-refractivity contribution < 1.29 is 14.0 Å². The van der Waals surface area contributed by atoms with Crippen molar-refractivity contribution in [3.05, 3.63) is 29.6 Å². The van der Waals surface area contributed by atoms with Gasteiger partial charge in [0.1, 0.15) is 17.4 Å². The summed E-state index contributed by atoms with van der Waals surface area (Å²) in [4.78, 5) is 24.3. The first-order valence-electron chi connectivity index (χ1n) is 5.11. The van der Waals surface area contributed by atoms with Gasteiger partial charge in [-0.15, -0.1) is 0 Å². The first-order valence-corrected chi connectivity index (χ1v) is 5.11. The van der Waals surface area contributed by atoms with Crippen LogP contribution >= 0.6 is 0 Å². The van der Waals surface area contributed by atoms with E-state index in [0.717, 1.165) is 11.0 Å². The number of imide groups is 1. The van der Waals surface area contributed by atoms with Crippen LogP contribution in [0.2, 0.25) is 0 Å². The van der Waals surface area contributed by atoms with E-state index in [0.29, 0.717) is 0 Å². The number of carbonyl (C=O) groups is 2. The van der Waals surface area contributed by atoms with E-state index in [1.54, 1.807) is 13.0 Å². The van der Waals surface area contributed by atoms with Gasteiger partial charge in [-0.05, 0) is 12.1 Å². The van der Waals surface area contributed by atoms with Crippen molar-refractivity contribution in [1.82, 2.24) is 0 Å². The largest absolute Gasteiger partial charge is 0.274 e. The molecule has 1 unspecified atom stereocenters. The predicted octanol–water partition coefficient (Wildman–Crippen LogP) is 1.60. The highest BCUT2D eigenvalue weighted by molar-refractivity contribution is 6.21. The molecule has 1 aliphatic rings. The number of benzene rings is 1. The SMILES string of the molecule is CC1CC(=O)N(c2cccc(F)c2C#N)C1=O. The fourth-order valence-corrected chi connectivity index (χ4v) is 1.85. The third-order valence-corrected chi connectivity index (χ3v) is 2.72. The number of carbonyl (C=O) groups excluding carboxylic acids is 2. The molecule has 0 radical (unpaired) electrons. The van der Waals surface area contributed by atoms with Gasteiger partial charge in [-0.2, -0.15) is 5.26 Å². The van der Waals surface area contributed by atoms with Gasteiger partial charge in [0.05, 0.1) is 5.69 Å². The summed E-state index contributed by atoms with van der Waals surface area (Å²) >= 11 is 0. The highest BCUT2D eigenvalue weighted by Gasteiger charge is 2.38. The maximum absolute atomic E-state index is 13.4. The molecule has 0 aromatic heterocycles. The molecule has 0 aliphatic carbocycles. The first kappa shape index (κ1) is 11.3. The Hall–Kier alpha value is -2.22. The van der Waals surface area contributed by atoms with E-state index >= 15 is 0 Å². The molecule has 0 N–H and O–H groups in total. The molecule has 5 heteroatoms. The average molecular weight is 232 g/mol. The summed E-state index contributed by atoms with van der Waals surface area (Å²) in [6, 6.07) is 5.57. The van der Waals surface area contributed by atoms with Gasteiger partial charge in [0.25, 0.3) is 0 Å². The second kappa shape index (κ2) is 3.98. The lowest BCUT2D eigenvalue weighted by atomic mass is 10.1. The summed E-state index contributed by atoms with van der Waals surface area (Å²) in [5, 5.41) is 8.86. The molecular weight excluding hydrogens is 223 g/mol. The summed E-state index contributed by atoms with van der Waals surface area (Å²) in [5.41, 5.74) is -0.241. The molecular formula is C12H9FN2O2. The Bertz CT molecular complexity index is 548. The van der Waals surface area contributed by atoms with Crippen molar-refractivity contribution in [2.45, 2.75) is 13.3 Å². The molecule has 1 atom stereocenters. The number of anilines is 1. The average Bonchev–Trinajstić information content (AvgIpc) is 2.53. The molecule has 1 fully saturated rings. The monoisotopic (exact) mass is 232 g/mol. The minimum Gasteiger partial charge on any atom is -0.274 e. The number of halogens is 1. The van der Waals surface area contributed by atoms with Crippen molar-refractivity contribution in [1.29, 1.82) is 5.26 Å². The summed E-state index contributed by atoms with van der Waals surface area (Å²) in [6.07, 6.45) is 0.0974. The van der Waals surface area contributed by atoms with Crippen molar-refractivity contribution in [2.24, 2.45) is 5.92 Å². The Kier molecular flexibility index (Phi) is 2.64. The summed E-state index contributed by atoms with van der Waals surface area (Å²) in [6.45, 7) is 1.63. The molecule has 17 heavy (non-hydrogen) atoms. The second-order valence-electron chi connectivity index (χ2n) is 3.92. The zero-order valence-corrected chi connectivity index (χ0v) is 9.11. The lowest BCUT2D eigenvalue weighted by molar-refractivity contribution is -0.122. The Morgan fingerprint density at radius 2 is 2.18 bits per heavy atom. The van der Waals surface area contributed by atoms with Crippen LogP contribution in [-0.2, 0) is 9.59 Å². The normalized spacial score (nSPS) is 19.6. The number of rotatable bonds is 1. The Morgan fingerprint density at radius 3 is 2.71 bits per heavy atom. The molecule has 4 nitrogen and oxygen atoms in total. The van der Waals surface area contributed by atoms with Gasteiger partial charge in [0, 0.05) is 12.3 Å². The maximum Gasteiger partial charge on any atom is 0.237 e. The van der Waals surface area contributed by atoms with E-state index in [1.165, 1.54) is 12.1 Å². The van der Waals surface area contributed by atoms with Crippen molar-refractivity contribution in [2.75, 3.05) is 4.90 Å². The zero-order chi connectivity index (χ0) is 12.6. The van der Waals surface area contributed by atoms with Gasteiger partial charge in [-0.1, -0.05) is 13.0 Å². The highest BCUT2D eigenvalue weighted by Crippen LogP contribution is 2.29. The van der Waals surface area contributed by atoms with Crippen LogP contribution in [0.3, 0.4) is 0 Å². The van der Waals surface area contributed by atoms with Gasteiger partial charge >= 0.3 is 0 Å². The standard InChI is InChI=1S/C12H9FN2O2/c1-7-5-11(16)15(12(7)17)10-4-2-3-9(13)8(10)6-14/h2-4,7H,5H2,1H3. The smallest absolute Gasteiger partial charge is 0.237 e. The molecule has 0 bridgehead atoms. The molecule has 2 amide bonds. The molecule has 1 aromatic rings. The number of hydrogen-bond donors (Lipinski definition) is 0. The van der Waals surface area contributed by atoms with E-state index in [4.69, 9.17) is 5.26 Å². The Morgan fingerprint density at radius 1 is 1.47 bits per heavy atom. The minimum absolute atomic E-state index is 0.0341. The van der Waals surface area contributed by atoms with Crippen LogP contribution in [0.4, 0.5) is 10.1 Å². The van der Waals surface area contributed by atoms with E-state index in [9.17, 15) is 14.0 Å². The number of nitriles is 1. The maximum atomic E-state index is 13.4. The third kappa shape index (κ3) is 1.68. The predicted molar refractivity (Wildman–Crippen MR) is 57.4 cm³/mol. The quantitative estimate of drug-likeness (QED) is 0.691. The summed E-state index contributed by atoms with van der Waals surface area (Å²) in [5.74, 6) is -1.94. The molecule has 1 saturated heterocycles. The van der Waals surface area contributed by atoms with Gasteiger partial charge in [-0.25, -0.2) is 9.29 Å². The first-order chi connectivity index (χ1) is 8.06. The van der Waals surface area contributed by atoms with Crippen LogP contribution in [-0.4, -0.2) is 11.8 Å². The van der Waals surface area contributed by atoms with Crippen molar-refractivity contribution in [3.8, 4) is 6.07 Å². The van der Waals surface area contributed by atoms with Crippen molar-refractivity contribution in [3.63, 3.8) is 0 Å². The second-order valence-corrected chi connectivity index (χ2v) is 3.92. The van der Waals surface area contributed by atoms with Crippen LogP contribution in [0.5, 0.6) is 0 Å². The summed E-state index contributed by atoms with van der Waals surface area (Å²) in [7, 11) is 0. The van der Waals surface area contributed by atoms with Crippen LogP contribution in [0.1, 0.15) is 18.9 Å². The number of hydrogen-bond acceptors (Lipinski definition) is 3. The van der Waals surface area contributed by atoms with Gasteiger partial charge in [-0.3, -0.25) is 9.59 Å².